The molecule has 0 radical (unpaired) electrons. The van der Waals surface area contributed by atoms with Crippen molar-refractivity contribution in [3.63, 3.8) is 0 Å². The number of ether oxygens (including phenoxy) is 3. The molecule has 92 valence electrons. The molecule has 0 aliphatic carbocycles. The highest BCUT2D eigenvalue weighted by atomic mass is 16.5. The zero-order chi connectivity index (χ0) is 12.6. The Balaban J connectivity index is 4.43. The van der Waals surface area contributed by atoms with E-state index in [0.717, 1.165) is 4.90 Å². The third-order valence-corrected chi connectivity index (χ3v) is 1.72. The number of esters is 2. The molecule has 0 spiro atoms. The van der Waals surface area contributed by atoms with Gasteiger partial charge < -0.3 is 19.1 Å². The lowest BCUT2D eigenvalue weighted by atomic mass is 10.4. The maximum absolute atomic E-state index is 11.4. The van der Waals surface area contributed by atoms with E-state index >= 15 is 0 Å². The van der Waals surface area contributed by atoms with Crippen LogP contribution in [0.2, 0.25) is 0 Å². The monoisotopic (exact) mass is 233 g/mol. The Labute approximate surface area is 93.2 Å². The van der Waals surface area contributed by atoms with Crippen LogP contribution >= 0.6 is 0 Å². The van der Waals surface area contributed by atoms with Crippen molar-refractivity contribution in [2.45, 2.75) is 0 Å². The van der Waals surface area contributed by atoms with Crippen molar-refractivity contribution in [1.29, 1.82) is 0 Å². The van der Waals surface area contributed by atoms with Crippen LogP contribution in [0.5, 0.6) is 0 Å². The van der Waals surface area contributed by atoms with Gasteiger partial charge in [0.05, 0.1) is 14.2 Å². The zero-order valence-electron chi connectivity index (χ0n) is 9.52. The predicted molar refractivity (Wildman–Crippen MR) is 52.5 cm³/mol. The lowest BCUT2D eigenvalue weighted by Crippen LogP contribution is -2.41. The lowest BCUT2D eigenvalue weighted by molar-refractivity contribution is -0.153. The molecule has 7 nitrogen and oxygen atoms in total. The highest BCUT2D eigenvalue weighted by molar-refractivity contribution is 5.86. The summed E-state index contributed by atoms with van der Waals surface area (Å²) >= 11 is 0. The Kier molecular flexibility index (Phi) is 6.86. The summed E-state index contributed by atoms with van der Waals surface area (Å²) in [7, 11) is 3.73. The smallest absolute Gasteiger partial charge is 0.325 e. The Bertz CT molecular complexity index is 247. The summed E-state index contributed by atoms with van der Waals surface area (Å²) in [5.74, 6) is -1.72. The first-order valence-corrected chi connectivity index (χ1v) is 4.45. The molecule has 0 aliphatic heterocycles. The summed E-state index contributed by atoms with van der Waals surface area (Å²) in [4.78, 5) is 34.4. The molecule has 0 bridgehead atoms. The highest BCUT2D eigenvalue weighted by Crippen LogP contribution is 1.93. The topological polar surface area (TPSA) is 82.1 Å². The molecule has 0 N–H and O–H groups in total. The molecule has 0 aromatic carbocycles. The number of hydrogen-bond donors (Lipinski definition) is 0. The van der Waals surface area contributed by atoms with Crippen molar-refractivity contribution in [1.82, 2.24) is 4.90 Å². The minimum absolute atomic E-state index is 0.214. The molecular weight excluding hydrogens is 218 g/mol. The largest absolute Gasteiger partial charge is 0.468 e. The number of amides is 1. The van der Waals surface area contributed by atoms with E-state index in [4.69, 9.17) is 0 Å². The first kappa shape index (κ1) is 14.4. The summed E-state index contributed by atoms with van der Waals surface area (Å²) in [6.45, 7) is -0.838. The molecule has 0 fully saturated rings. The minimum atomic E-state index is -0.617. The molecule has 7 heteroatoms. The molecule has 0 atom stereocenters. The fourth-order valence-corrected chi connectivity index (χ4v) is 0.888. The van der Waals surface area contributed by atoms with Gasteiger partial charge in [-0.15, -0.1) is 0 Å². The zero-order valence-corrected chi connectivity index (χ0v) is 9.52. The van der Waals surface area contributed by atoms with E-state index in [9.17, 15) is 14.4 Å². The van der Waals surface area contributed by atoms with E-state index in [1.54, 1.807) is 0 Å². The van der Waals surface area contributed by atoms with Gasteiger partial charge in [0, 0.05) is 7.11 Å². The fourth-order valence-electron chi connectivity index (χ4n) is 0.888. The molecule has 0 aromatic heterocycles. The van der Waals surface area contributed by atoms with Crippen LogP contribution in [0.1, 0.15) is 0 Å². The van der Waals surface area contributed by atoms with E-state index in [2.05, 4.69) is 14.2 Å². The van der Waals surface area contributed by atoms with Crippen LogP contribution in [-0.4, -0.2) is 63.8 Å². The lowest BCUT2D eigenvalue weighted by Gasteiger charge is -2.19. The van der Waals surface area contributed by atoms with Gasteiger partial charge in [-0.2, -0.15) is 0 Å². The molecular formula is C9H15NO6. The van der Waals surface area contributed by atoms with Crippen molar-refractivity contribution in [2.24, 2.45) is 0 Å². The van der Waals surface area contributed by atoms with E-state index in [1.165, 1.54) is 21.3 Å². The second-order valence-corrected chi connectivity index (χ2v) is 2.84. The van der Waals surface area contributed by atoms with Crippen molar-refractivity contribution in [3.8, 4) is 0 Å². The van der Waals surface area contributed by atoms with Gasteiger partial charge in [-0.1, -0.05) is 0 Å². The molecule has 0 aliphatic rings. The van der Waals surface area contributed by atoms with Gasteiger partial charge >= 0.3 is 11.9 Å². The second kappa shape index (κ2) is 7.63. The quantitative estimate of drug-likeness (QED) is 0.536. The van der Waals surface area contributed by atoms with Crippen molar-refractivity contribution < 1.29 is 28.6 Å². The van der Waals surface area contributed by atoms with Gasteiger partial charge in [-0.3, -0.25) is 14.4 Å². The molecule has 0 unspecified atom stereocenters. The molecule has 0 heterocycles. The number of rotatable bonds is 6. The SMILES string of the molecule is COCC(=O)N(CC(=O)OC)CC(=O)OC. The Morgan fingerprint density at radius 2 is 1.38 bits per heavy atom. The number of nitrogens with zero attached hydrogens (tertiary/aromatic N) is 1. The molecule has 0 saturated heterocycles. The van der Waals surface area contributed by atoms with Gasteiger partial charge in [0.2, 0.25) is 5.91 Å². The molecule has 1 amide bonds. The normalized spacial score (nSPS) is 9.44. The van der Waals surface area contributed by atoms with Crippen LogP contribution in [0.4, 0.5) is 0 Å². The first-order valence-electron chi connectivity index (χ1n) is 4.45. The van der Waals surface area contributed by atoms with Gasteiger partial charge in [0.15, 0.2) is 0 Å². The molecule has 0 aromatic rings. The van der Waals surface area contributed by atoms with Gasteiger partial charge in [-0.25, -0.2) is 0 Å². The Morgan fingerprint density at radius 3 is 1.69 bits per heavy atom. The van der Waals surface area contributed by atoms with E-state index in [0.29, 0.717) is 0 Å². The van der Waals surface area contributed by atoms with Gasteiger partial charge in [0.1, 0.15) is 19.7 Å². The second-order valence-electron chi connectivity index (χ2n) is 2.84. The molecule has 0 rings (SSSR count). The average Bonchev–Trinajstić information content (AvgIpc) is 2.27. The van der Waals surface area contributed by atoms with Crippen LogP contribution in [0.3, 0.4) is 0 Å². The van der Waals surface area contributed by atoms with E-state index < -0.39 is 17.8 Å². The summed E-state index contributed by atoms with van der Waals surface area (Å²) in [5.41, 5.74) is 0. The number of methoxy groups -OCH3 is 3. The van der Waals surface area contributed by atoms with E-state index in [-0.39, 0.29) is 19.7 Å². The fraction of sp³-hybridized carbons (Fsp3) is 0.667. The van der Waals surface area contributed by atoms with Gasteiger partial charge in [0.25, 0.3) is 0 Å². The first-order chi connectivity index (χ1) is 7.54. The van der Waals surface area contributed by atoms with Crippen molar-refractivity contribution in [2.75, 3.05) is 41.0 Å². The van der Waals surface area contributed by atoms with Crippen molar-refractivity contribution in [3.05, 3.63) is 0 Å². The number of carbonyl (C=O) groups is 3. The van der Waals surface area contributed by atoms with Crippen LogP contribution in [0.15, 0.2) is 0 Å². The van der Waals surface area contributed by atoms with Crippen LogP contribution in [0, 0.1) is 0 Å². The standard InChI is InChI=1S/C9H15NO6/c1-14-6-7(11)10(4-8(12)15-2)5-9(13)16-3/h4-6H2,1-3H3. The summed E-state index contributed by atoms with van der Waals surface area (Å²) < 4.78 is 13.4. The Hall–Kier alpha value is -1.63. The number of carbonyl (C=O) groups excluding carboxylic acids is 3. The summed E-state index contributed by atoms with van der Waals surface area (Å²) in [5, 5.41) is 0. The van der Waals surface area contributed by atoms with Crippen LogP contribution in [0.25, 0.3) is 0 Å². The Morgan fingerprint density at radius 1 is 0.938 bits per heavy atom. The van der Waals surface area contributed by atoms with Gasteiger partial charge in [-0.05, 0) is 0 Å². The summed E-state index contributed by atoms with van der Waals surface area (Å²) in [6.07, 6.45) is 0. The molecule has 0 saturated carbocycles. The third kappa shape index (κ3) is 5.30. The van der Waals surface area contributed by atoms with Crippen LogP contribution in [-0.2, 0) is 28.6 Å². The average molecular weight is 233 g/mol. The highest BCUT2D eigenvalue weighted by Gasteiger charge is 2.20. The minimum Gasteiger partial charge on any atom is -0.468 e. The maximum atomic E-state index is 11.4. The maximum Gasteiger partial charge on any atom is 0.325 e. The predicted octanol–water partition coefficient (Wildman–Crippen LogP) is -1.19. The van der Waals surface area contributed by atoms with E-state index in [1.807, 2.05) is 0 Å². The summed E-state index contributed by atoms with van der Waals surface area (Å²) in [6, 6.07) is 0. The third-order valence-electron chi connectivity index (χ3n) is 1.72. The van der Waals surface area contributed by atoms with Crippen LogP contribution < -0.4 is 0 Å². The van der Waals surface area contributed by atoms with Crippen molar-refractivity contribution >= 4 is 17.8 Å². The molecule has 16 heavy (non-hydrogen) atoms. The number of hydrogen-bond acceptors (Lipinski definition) is 6.